The Labute approximate surface area is 106 Å². The van der Waals surface area contributed by atoms with E-state index in [0.29, 0.717) is 5.92 Å². The zero-order valence-electron chi connectivity index (χ0n) is 11.6. The molecule has 2 rings (SSSR count). The molecule has 0 amide bonds. The molecular weight excluding hydrogens is 210 g/mol. The summed E-state index contributed by atoms with van der Waals surface area (Å²) in [4.78, 5) is 2.67. The van der Waals surface area contributed by atoms with Gasteiger partial charge < -0.3 is 10.0 Å². The van der Waals surface area contributed by atoms with Crippen molar-refractivity contribution in [2.45, 2.75) is 70.9 Å². The van der Waals surface area contributed by atoms with E-state index in [1.807, 2.05) is 0 Å². The summed E-state index contributed by atoms with van der Waals surface area (Å²) >= 11 is 0. The number of aliphatic hydroxyl groups excluding tert-OH is 1. The lowest BCUT2D eigenvalue weighted by atomic mass is 9.86. The average molecular weight is 239 g/mol. The summed E-state index contributed by atoms with van der Waals surface area (Å²) in [6, 6.07) is 0.850. The van der Waals surface area contributed by atoms with E-state index in [2.05, 4.69) is 18.7 Å². The van der Waals surface area contributed by atoms with Crippen molar-refractivity contribution in [3.05, 3.63) is 0 Å². The van der Waals surface area contributed by atoms with Crippen LogP contribution in [0.2, 0.25) is 0 Å². The Bertz CT molecular complexity index is 225. The average Bonchev–Trinajstić information content (AvgIpc) is 3.10. The van der Waals surface area contributed by atoms with Gasteiger partial charge in [0.1, 0.15) is 0 Å². The molecule has 0 aromatic heterocycles. The van der Waals surface area contributed by atoms with Gasteiger partial charge in [-0.15, -0.1) is 0 Å². The molecule has 0 bridgehead atoms. The van der Waals surface area contributed by atoms with Gasteiger partial charge in [0, 0.05) is 12.6 Å². The summed E-state index contributed by atoms with van der Waals surface area (Å²) in [6.07, 6.45) is 8.89. The Morgan fingerprint density at radius 1 is 1.12 bits per heavy atom. The zero-order valence-corrected chi connectivity index (χ0v) is 11.6. The SMILES string of the molecule is CC(C)CCN(CC1CCCCC1O)C1CC1. The van der Waals surface area contributed by atoms with Crippen molar-refractivity contribution in [3.8, 4) is 0 Å². The molecule has 0 aromatic carbocycles. The fraction of sp³-hybridized carbons (Fsp3) is 1.00. The van der Waals surface area contributed by atoms with Crippen molar-refractivity contribution in [1.29, 1.82) is 0 Å². The van der Waals surface area contributed by atoms with Gasteiger partial charge in [-0.05, 0) is 50.5 Å². The molecule has 2 unspecified atom stereocenters. The van der Waals surface area contributed by atoms with Crippen molar-refractivity contribution in [1.82, 2.24) is 4.90 Å². The number of hydrogen-bond acceptors (Lipinski definition) is 2. The van der Waals surface area contributed by atoms with E-state index in [9.17, 15) is 5.11 Å². The van der Waals surface area contributed by atoms with Crippen molar-refractivity contribution in [2.24, 2.45) is 11.8 Å². The third kappa shape index (κ3) is 4.26. The second kappa shape index (κ2) is 6.19. The molecule has 2 nitrogen and oxygen atoms in total. The second-order valence-corrected chi connectivity index (χ2v) is 6.52. The molecule has 0 heterocycles. The highest BCUT2D eigenvalue weighted by Crippen LogP contribution is 2.31. The van der Waals surface area contributed by atoms with Crippen LogP contribution in [0.3, 0.4) is 0 Å². The first-order chi connectivity index (χ1) is 8.16. The van der Waals surface area contributed by atoms with Gasteiger partial charge in [0.15, 0.2) is 0 Å². The molecule has 2 saturated carbocycles. The molecule has 0 aliphatic heterocycles. The van der Waals surface area contributed by atoms with Crippen LogP contribution in [0.25, 0.3) is 0 Å². The third-order valence-electron chi connectivity index (χ3n) is 4.39. The molecule has 2 fully saturated rings. The lowest BCUT2D eigenvalue weighted by Gasteiger charge is -2.33. The summed E-state index contributed by atoms with van der Waals surface area (Å²) < 4.78 is 0. The number of nitrogens with zero attached hydrogens (tertiary/aromatic N) is 1. The molecule has 0 aromatic rings. The minimum atomic E-state index is -0.0240. The highest BCUT2D eigenvalue weighted by Gasteiger charge is 2.32. The maximum atomic E-state index is 10.1. The largest absolute Gasteiger partial charge is 0.393 e. The molecule has 2 atom stereocenters. The van der Waals surface area contributed by atoms with Gasteiger partial charge in [-0.2, -0.15) is 0 Å². The van der Waals surface area contributed by atoms with Crippen LogP contribution in [-0.2, 0) is 0 Å². The zero-order chi connectivity index (χ0) is 12.3. The van der Waals surface area contributed by atoms with Crippen LogP contribution in [0, 0.1) is 11.8 Å². The van der Waals surface area contributed by atoms with E-state index in [1.54, 1.807) is 0 Å². The van der Waals surface area contributed by atoms with Crippen LogP contribution in [0.5, 0.6) is 0 Å². The van der Waals surface area contributed by atoms with Crippen LogP contribution < -0.4 is 0 Å². The highest BCUT2D eigenvalue weighted by molar-refractivity contribution is 4.87. The van der Waals surface area contributed by atoms with E-state index < -0.39 is 0 Å². The van der Waals surface area contributed by atoms with Crippen LogP contribution in [0.1, 0.15) is 58.8 Å². The first-order valence-electron chi connectivity index (χ1n) is 7.59. The van der Waals surface area contributed by atoms with Crippen LogP contribution in [0.4, 0.5) is 0 Å². The molecule has 0 spiro atoms. The van der Waals surface area contributed by atoms with Crippen LogP contribution in [-0.4, -0.2) is 35.2 Å². The van der Waals surface area contributed by atoms with Gasteiger partial charge in [0.25, 0.3) is 0 Å². The van der Waals surface area contributed by atoms with Crippen molar-refractivity contribution < 1.29 is 5.11 Å². The van der Waals surface area contributed by atoms with E-state index in [1.165, 1.54) is 45.1 Å². The smallest absolute Gasteiger partial charge is 0.0580 e. The maximum absolute atomic E-state index is 10.1. The Balaban J connectivity index is 1.79. The minimum absolute atomic E-state index is 0.0240. The molecule has 17 heavy (non-hydrogen) atoms. The third-order valence-corrected chi connectivity index (χ3v) is 4.39. The number of rotatable bonds is 6. The monoisotopic (exact) mass is 239 g/mol. The standard InChI is InChI=1S/C15H29NO/c1-12(2)9-10-16(14-7-8-14)11-13-5-3-4-6-15(13)17/h12-15,17H,3-11H2,1-2H3. The Morgan fingerprint density at radius 2 is 1.82 bits per heavy atom. The Kier molecular flexibility index (Phi) is 4.87. The summed E-state index contributed by atoms with van der Waals surface area (Å²) in [5.74, 6) is 1.35. The summed E-state index contributed by atoms with van der Waals surface area (Å²) in [5, 5.41) is 10.1. The fourth-order valence-electron chi connectivity index (χ4n) is 2.99. The number of aliphatic hydroxyl groups is 1. The lowest BCUT2D eigenvalue weighted by molar-refractivity contribution is 0.0437. The molecule has 0 radical (unpaired) electrons. The van der Waals surface area contributed by atoms with Crippen LogP contribution >= 0.6 is 0 Å². The van der Waals surface area contributed by atoms with Gasteiger partial charge in [-0.3, -0.25) is 0 Å². The molecule has 1 N–H and O–H groups in total. The van der Waals surface area contributed by atoms with Gasteiger partial charge in [-0.25, -0.2) is 0 Å². The fourth-order valence-corrected chi connectivity index (χ4v) is 2.99. The summed E-state index contributed by atoms with van der Waals surface area (Å²) in [7, 11) is 0. The van der Waals surface area contributed by atoms with Gasteiger partial charge in [-0.1, -0.05) is 26.7 Å². The quantitative estimate of drug-likeness (QED) is 0.770. The lowest BCUT2D eigenvalue weighted by Crippen LogP contribution is -2.39. The summed E-state index contributed by atoms with van der Waals surface area (Å²) in [5.41, 5.74) is 0. The van der Waals surface area contributed by atoms with Gasteiger partial charge >= 0.3 is 0 Å². The van der Waals surface area contributed by atoms with Crippen LogP contribution in [0.15, 0.2) is 0 Å². The molecule has 2 aliphatic rings. The molecule has 100 valence electrons. The normalized spacial score (nSPS) is 30.2. The van der Waals surface area contributed by atoms with Crippen molar-refractivity contribution in [2.75, 3.05) is 13.1 Å². The van der Waals surface area contributed by atoms with Gasteiger partial charge in [0.05, 0.1) is 6.10 Å². The maximum Gasteiger partial charge on any atom is 0.0580 e. The molecule has 0 saturated heterocycles. The molecule has 2 heteroatoms. The summed E-state index contributed by atoms with van der Waals surface area (Å²) in [6.45, 7) is 7.01. The van der Waals surface area contributed by atoms with E-state index in [-0.39, 0.29) is 6.10 Å². The predicted octanol–water partition coefficient (Wildman–Crippen LogP) is 3.05. The minimum Gasteiger partial charge on any atom is -0.393 e. The van der Waals surface area contributed by atoms with E-state index >= 15 is 0 Å². The first kappa shape index (κ1) is 13.4. The molecular formula is C15H29NO. The van der Waals surface area contributed by atoms with E-state index in [0.717, 1.165) is 24.9 Å². The molecule has 2 aliphatic carbocycles. The van der Waals surface area contributed by atoms with Gasteiger partial charge in [0.2, 0.25) is 0 Å². The van der Waals surface area contributed by atoms with Crippen molar-refractivity contribution in [3.63, 3.8) is 0 Å². The topological polar surface area (TPSA) is 23.5 Å². The first-order valence-corrected chi connectivity index (χ1v) is 7.59. The Hall–Kier alpha value is -0.0800. The van der Waals surface area contributed by atoms with E-state index in [4.69, 9.17) is 0 Å². The predicted molar refractivity (Wildman–Crippen MR) is 72.0 cm³/mol. The Morgan fingerprint density at radius 3 is 2.41 bits per heavy atom. The van der Waals surface area contributed by atoms with Crippen molar-refractivity contribution >= 4 is 0 Å². The second-order valence-electron chi connectivity index (χ2n) is 6.52. The highest BCUT2D eigenvalue weighted by atomic mass is 16.3. The number of hydrogen-bond donors (Lipinski definition) is 1.